The molecule has 2 aliphatic carbocycles. The summed E-state index contributed by atoms with van der Waals surface area (Å²) in [5, 5.41) is 3.40. The average molecular weight is 294 g/mol. The van der Waals surface area contributed by atoms with Gasteiger partial charge in [0.1, 0.15) is 0 Å². The molecule has 0 bridgehead atoms. The molecule has 2 aliphatic rings. The summed E-state index contributed by atoms with van der Waals surface area (Å²) in [4.78, 5) is 0. The first-order valence-corrected chi connectivity index (χ1v) is 7.38. The summed E-state index contributed by atoms with van der Waals surface area (Å²) in [6.45, 7) is 1.12. The van der Waals surface area contributed by atoms with E-state index >= 15 is 0 Å². The Hall–Kier alpha value is -0.340. The molecule has 1 aromatic rings. The highest BCUT2D eigenvalue weighted by Crippen LogP contribution is 2.64. The van der Waals surface area contributed by atoms with Gasteiger partial charge in [0.15, 0.2) is 0 Å². The van der Waals surface area contributed by atoms with Crippen molar-refractivity contribution in [2.45, 2.75) is 37.5 Å². The van der Waals surface area contributed by atoms with Gasteiger partial charge in [0, 0.05) is 16.4 Å². The van der Waals surface area contributed by atoms with Crippen LogP contribution in [0.25, 0.3) is 0 Å². The Morgan fingerprint density at radius 2 is 2.06 bits per heavy atom. The van der Waals surface area contributed by atoms with E-state index in [0.29, 0.717) is 5.41 Å². The molecular formula is C15H20BrN. The van der Waals surface area contributed by atoms with Crippen LogP contribution >= 0.6 is 15.9 Å². The summed E-state index contributed by atoms with van der Waals surface area (Å²) in [6.07, 6.45) is 7.15. The van der Waals surface area contributed by atoms with Crippen LogP contribution in [0, 0.1) is 5.41 Å². The Bertz CT molecular complexity index is 415. The fraction of sp³-hybridized carbons (Fsp3) is 0.600. The van der Waals surface area contributed by atoms with Crippen LogP contribution in [0.3, 0.4) is 0 Å². The Labute approximate surface area is 112 Å². The number of hydrogen-bond acceptors (Lipinski definition) is 1. The smallest absolute Gasteiger partial charge is 0.0178 e. The summed E-state index contributed by atoms with van der Waals surface area (Å²) in [5.74, 6) is 0. The second-order valence-electron chi connectivity index (χ2n) is 6.03. The Morgan fingerprint density at radius 1 is 1.29 bits per heavy atom. The highest BCUT2D eigenvalue weighted by atomic mass is 79.9. The van der Waals surface area contributed by atoms with E-state index in [1.54, 1.807) is 0 Å². The van der Waals surface area contributed by atoms with Crippen LogP contribution in [0.1, 0.15) is 37.7 Å². The van der Waals surface area contributed by atoms with Gasteiger partial charge in [0.25, 0.3) is 0 Å². The zero-order chi connectivity index (χ0) is 11.9. The van der Waals surface area contributed by atoms with E-state index in [4.69, 9.17) is 0 Å². The SMILES string of the molecule is CNCC1(c2cccc(Br)c2)CC2(CCC2)C1. The predicted octanol–water partition coefficient (Wildman–Crippen LogP) is 3.87. The third-order valence-electron chi connectivity index (χ3n) is 4.79. The summed E-state index contributed by atoms with van der Waals surface area (Å²) in [5.41, 5.74) is 2.64. The minimum absolute atomic E-state index is 0.402. The molecule has 2 fully saturated rings. The molecule has 3 rings (SSSR count). The molecule has 0 unspecified atom stereocenters. The van der Waals surface area contributed by atoms with Gasteiger partial charge in [-0.2, -0.15) is 0 Å². The number of nitrogens with one attached hydrogen (secondary N) is 1. The fourth-order valence-electron chi connectivity index (χ4n) is 4.00. The first-order valence-electron chi connectivity index (χ1n) is 6.59. The lowest BCUT2D eigenvalue weighted by Crippen LogP contribution is -2.57. The van der Waals surface area contributed by atoms with Crippen molar-refractivity contribution in [3.63, 3.8) is 0 Å². The van der Waals surface area contributed by atoms with Crippen LogP contribution in [0.15, 0.2) is 28.7 Å². The van der Waals surface area contributed by atoms with Gasteiger partial charge in [0.05, 0.1) is 0 Å². The number of hydrogen-bond donors (Lipinski definition) is 1. The second-order valence-corrected chi connectivity index (χ2v) is 6.94. The minimum atomic E-state index is 0.402. The molecule has 1 aromatic carbocycles. The quantitative estimate of drug-likeness (QED) is 0.892. The summed E-state index contributed by atoms with van der Waals surface area (Å²) >= 11 is 3.60. The lowest BCUT2D eigenvalue weighted by Gasteiger charge is -2.61. The molecule has 2 saturated carbocycles. The molecule has 0 aliphatic heterocycles. The molecule has 0 atom stereocenters. The topological polar surface area (TPSA) is 12.0 Å². The zero-order valence-corrected chi connectivity index (χ0v) is 12.0. The van der Waals surface area contributed by atoms with E-state index in [2.05, 4.69) is 52.6 Å². The van der Waals surface area contributed by atoms with Crippen LogP contribution < -0.4 is 5.32 Å². The van der Waals surface area contributed by atoms with E-state index in [1.165, 1.54) is 42.1 Å². The van der Waals surface area contributed by atoms with Gasteiger partial charge in [-0.1, -0.05) is 34.5 Å². The summed E-state index contributed by atoms with van der Waals surface area (Å²) in [7, 11) is 2.07. The maximum absolute atomic E-state index is 3.60. The van der Waals surface area contributed by atoms with E-state index < -0.39 is 0 Å². The highest BCUT2D eigenvalue weighted by Gasteiger charge is 2.57. The molecule has 0 amide bonds. The molecule has 0 heterocycles. The van der Waals surface area contributed by atoms with Gasteiger partial charge in [-0.15, -0.1) is 0 Å². The van der Waals surface area contributed by atoms with Crippen molar-refractivity contribution in [3.8, 4) is 0 Å². The van der Waals surface area contributed by atoms with Crippen molar-refractivity contribution in [2.24, 2.45) is 5.41 Å². The molecular weight excluding hydrogens is 274 g/mol. The van der Waals surface area contributed by atoms with Crippen LogP contribution in [0.2, 0.25) is 0 Å². The van der Waals surface area contributed by atoms with Crippen LogP contribution in [0.4, 0.5) is 0 Å². The maximum atomic E-state index is 3.60. The molecule has 1 spiro atoms. The van der Waals surface area contributed by atoms with E-state index in [1.807, 2.05) is 0 Å². The normalized spacial score (nSPS) is 24.1. The van der Waals surface area contributed by atoms with Crippen LogP contribution in [-0.4, -0.2) is 13.6 Å². The largest absolute Gasteiger partial charge is 0.319 e. The third-order valence-corrected chi connectivity index (χ3v) is 5.29. The summed E-state index contributed by atoms with van der Waals surface area (Å²) in [6, 6.07) is 8.90. The van der Waals surface area contributed by atoms with Gasteiger partial charge < -0.3 is 5.32 Å². The number of benzene rings is 1. The van der Waals surface area contributed by atoms with E-state index in [-0.39, 0.29) is 0 Å². The molecule has 1 nitrogen and oxygen atoms in total. The Morgan fingerprint density at radius 3 is 2.59 bits per heavy atom. The van der Waals surface area contributed by atoms with Gasteiger partial charge in [-0.3, -0.25) is 0 Å². The Balaban J connectivity index is 1.86. The molecule has 1 N–H and O–H groups in total. The lowest BCUT2D eigenvalue weighted by molar-refractivity contribution is -0.0475. The molecule has 92 valence electrons. The first kappa shape index (κ1) is 11.7. The van der Waals surface area contributed by atoms with Crippen molar-refractivity contribution in [2.75, 3.05) is 13.6 Å². The van der Waals surface area contributed by atoms with Crippen LogP contribution in [0.5, 0.6) is 0 Å². The maximum Gasteiger partial charge on any atom is 0.0178 e. The van der Waals surface area contributed by atoms with Crippen molar-refractivity contribution >= 4 is 15.9 Å². The average Bonchev–Trinajstić information content (AvgIpc) is 2.20. The molecule has 0 saturated heterocycles. The van der Waals surface area contributed by atoms with E-state index in [9.17, 15) is 0 Å². The van der Waals surface area contributed by atoms with Gasteiger partial charge in [-0.25, -0.2) is 0 Å². The monoisotopic (exact) mass is 293 g/mol. The van der Waals surface area contributed by atoms with Crippen molar-refractivity contribution in [1.29, 1.82) is 0 Å². The van der Waals surface area contributed by atoms with Gasteiger partial charge in [0.2, 0.25) is 0 Å². The van der Waals surface area contributed by atoms with Gasteiger partial charge >= 0.3 is 0 Å². The standard InChI is InChI=1S/C15H20BrN/c1-17-11-15(9-14(10-15)6-3-7-14)12-4-2-5-13(16)8-12/h2,4-5,8,17H,3,6-7,9-11H2,1H3. The minimum Gasteiger partial charge on any atom is -0.319 e. The molecule has 17 heavy (non-hydrogen) atoms. The zero-order valence-electron chi connectivity index (χ0n) is 10.4. The number of halogens is 1. The van der Waals surface area contributed by atoms with Crippen LogP contribution in [-0.2, 0) is 5.41 Å². The number of rotatable bonds is 3. The molecule has 0 radical (unpaired) electrons. The summed E-state index contributed by atoms with van der Waals surface area (Å²) < 4.78 is 1.21. The number of likely N-dealkylation sites (N-methyl/N-ethyl adjacent to an activating group) is 1. The fourth-order valence-corrected chi connectivity index (χ4v) is 4.40. The van der Waals surface area contributed by atoms with Crippen molar-refractivity contribution < 1.29 is 0 Å². The van der Waals surface area contributed by atoms with Gasteiger partial charge in [-0.05, 0) is 55.8 Å². The molecule has 2 heteroatoms. The van der Waals surface area contributed by atoms with Crippen molar-refractivity contribution in [3.05, 3.63) is 34.3 Å². The predicted molar refractivity (Wildman–Crippen MR) is 75.3 cm³/mol. The van der Waals surface area contributed by atoms with E-state index in [0.717, 1.165) is 12.0 Å². The van der Waals surface area contributed by atoms with Crippen molar-refractivity contribution in [1.82, 2.24) is 5.32 Å². The third kappa shape index (κ3) is 1.86. The lowest BCUT2D eigenvalue weighted by atomic mass is 9.44. The highest BCUT2D eigenvalue weighted by molar-refractivity contribution is 9.10. The first-order chi connectivity index (χ1) is 8.18. The second kappa shape index (κ2) is 4.10. The Kier molecular flexibility index (Phi) is 2.83. The molecule has 0 aromatic heterocycles.